The molecule has 1 aromatic heterocycles. The van der Waals surface area contributed by atoms with E-state index < -0.39 is 0 Å². The van der Waals surface area contributed by atoms with E-state index in [2.05, 4.69) is 10.3 Å². The SMILES string of the molecule is NCC1(Nc2ccc(Cl)c3cccnc23)CCCOCC1. The number of hydrogen-bond acceptors (Lipinski definition) is 4. The summed E-state index contributed by atoms with van der Waals surface area (Å²) in [6.07, 6.45) is 4.71. The quantitative estimate of drug-likeness (QED) is 0.914. The molecule has 1 saturated heterocycles. The number of nitrogens with one attached hydrogen (secondary N) is 1. The molecule has 0 amide bonds. The van der Waals surface area contributed by atoms with Gasteiger partial charge in [-0.3, -0.25) is 4.98 Å². The highest BCUT2D eigenvalue weighted by Gasteiger charge is 2.30. The van der Waals surface area contributed by atoms with Crippen LogP contribution in [-0.4, -0.2) is 30.3 Å². The first-order valence-corrected chi connectivity index (χ1v) is 7.71. The molecule has 3 N–H and O–H groups in total. The average molecular weight is 306 g/mol. The minimum Gasteiger partial charge on any atom is -0.381 e. The molecule has 0 spiro atoms. The molecule has 5 heteroatoms. The normalized spacial score (nSPS) is 23.0. The van der Waals surface area contributed by atoms with Crippen LogP contribution in [0.4, 0.5) is 5.69 Å². The van der Waals surface area contributed by atoms with Gasteiger partial charge in [0.05, 0.1) is 21.8 Å². The fourth-order valence-corrected chi connectivity index (χ4v) is 3.13. The molecule has 112 valence electrons. The molecule has 1 aliphatic heterocycles. The van der Waals surface area contributed by atoms with Gasteiger partial charge in [-0.15, -0.1) is 0 Å². The number of nitrogens with zero attached hydrogens (tertiary/aromatic N) is 1. The van der Waals surface area contributed by atoms with Crippen LogP contribution >= 0.6 is 11.6 Å². The zero-order valence-corrected chi connectivity index (χ0v) is 12.7. The van der Waals surface area contributed by atoms with Gasteiger partial charge < -0.3 is 15.8 Å². The van der Waals surface area contributed by atoms with Crippen LogP contribution in [0.3, 0.4) is 0 Å². The van der Waals surface area contributed by atoms with E-state index in [4.69, 9.17) is 22.1 Å². The first-order valence-electron chi connectivity index (χ1n) is 7.33. The summed E-state index contributed by atoms with van der Waals surface area (Å²) in [6.45, 7) is 2.12. The van der Waals surface area contributed by atoms with Gasteiger partial charge in [0.25, 0.3) is 0 Å². The predicted octanol–water partition coefficient (Wildman–Crippen LogP) is 3.20. The Morgan fingerprint density at radius 2 is 2.19 bits per heavy atom. The lowest BCUT2D eigenvalue weighted by Gasteiger charge is -2.33. The van der Waals surface area contributed by atoms with Crippen LogP contribution in [0, 0.1) is 0 Å². The Balaban J connectivity index is 1.98. The molecule has 0 saturated carbocycles. The van der Waals surface area contributed by atoms with Crippen LogP contribution in [0.25, 0.3) is 10.9 Å². The van der Waals surface area contributed by atoms with Gasteiger partial charge in [-0.25, -0.2) is 0 Å². The second-order valence-electron chi connectivity index (χ2n) is 5.57. The average Bonchev–Trinajstić information content (AvgIpc) is 2.77. The third-order valence-corrected chi connectivity index (χ3v) is 4.51. The van der Waals surface area contributed by atoms with Crippen molar-refractivity contribution in [3.8, 4) is 0 Å². The lowest BCUT2D eigenvalue weighted by molar-refractivity contribution is 0.141. The monoisotopic (exact) mass is 305 g/mol. The molecule has 0 radical (unpaired) electrons. The van der Waals surface area contributed by atoms with E-state index in [1.807, 2.05) is 24.3 Å². The van der Waals surface area contributed by atoms with Crippen molar-refractivity contribution < 1.29 is 4.74 Å². The number of ether oxygens (including phenoxy) is 1. The molecule has 4 nitrogen and oxygen atoms in total. The maximum absolute atomic E-state index is 6.25. The molecule has 1 aromatic carbocycles. The van der Waals surface area contributed by atoms with Crippen molar-refractivity contribution >= 4 is 28.2 Å². The maximum atomic E-state index is 6.25. The van der Waals surface area contributed by atoms with Crippen molar-refractivity contribution in [3.63, 3.8) is 0 Å². The van der Waals surface area contributed by atoms with Gasteiger partial charge in [0, 0.05) is 31.3 Å². The number of halogens is 1. The minimum absolute atomic E-state index is 0.130. The second kappa shape index (κ2) is 6.18. The van der Waals surface area contributed by atoms with Crippen LogP contribution < -0.4 is 11.1 Å². The number of fused-ring (bicyclic) bond motifs is 1. The number of benzene rings is 1. The fraction of sp³-hybridized carbons (Fsp3) is 0.438. The van der Waals surface area contributed by atoms with Crippen molar-refractivity contribution in [2.75, 3.05) is 25.1 Å². The van der Waals surface area contributed by atoms with Gasteiger partial charge in [-0.2, -0.15) is 0 Å². The third-order valence-electron chi connectivity index (χ3n) is 4.18. The van der Waals surface area contributed by atoms with E-state index in [0.29, 0.717) is 6.54 Å². The van der Waals surface area contributed by atoms with E-state index in [-0.39, 0.29) is 5.54 Å². The Labute approximate surface area is 129 Å². The number of rotatable bonds is 3. The molecular formula is C16H20ClN3O. The zero-order chi connectivity index (χ0) is 14.7. The molecule has 1 aliphatic rings. The van der Waals surface area contributed by atoms with Crippen molar-refractivity contribution in [2.45, 2.75) is 24.8 Å². The van der Waals surface area contributed by atoms with Crippen LogP contribution in [-0.2, 0) is 4.74 Å². The summed E-state index contributed by atoms with van der Waals surface area (Å²) in [7, 11) is 0. The fourth-order valence-electron chi connectivity index (χ4n) is 2.91. The van der Waals surface area contributed by atoms with Gasteiger partial charge in [0.1, 0.15) is 0 Å². The summed E-state index contributed by atoms with van der Waals surface area (Å²) in [5.41, 5.74) is 7.81. The van der Waals surface area contributed by atoms with Gasteiger partial charge in [0.15, 0.2) is 0 Å². The summed E-state index contributed by atoms with van der Waals surface area (Å²) >= 11 is 6.25. The highest BCUT2D eigenvalue weighted by Crippen LogP contribution is 2.32. The summed E-state index contributed by atoms with van der Waals surface area (Å²) in [6, 6.07) is 7.78. The lowest BCUT2D eigenvalue weighted by atomic mass is 9.90. The van der Waals surface area contributed by atoms with E-state index in [9.17, 15) is 0 Å². The minimum atomic E-state index is -0.130. The van der Waals surface area contributed by atoms with Crippen LogP contribution in [0.5, 0.6) is 0 Å². The first kappa shape index (κ1) is 14.6. The Kier molecular flexibility index (Phi) is 4.29. The zero-order valence-electron chi connectivity index (χ0n) is 11.9. The molecule has 2 heterocycles. The highest BCUT2D eigenvalue weighted by atomic mass is 35.5. The summed E-state index contributed by atoms with van der Waals surface area (Å²) in [4.78, 5) is 4.48. The number of aromatic nitrogens is 1. The van der Waals surface area contributed by atoms with Crippen LogP contribution in [0.1, 0.15) is 19.3 Å². The van der Waals surface area contributed by atoms with E-state index in [1.165, 1.54) is 0 Å². The molecule has 1 atom stereocenters. The number of pyridine rings is 1. The number of hydrogen-bond donors (Lipinski definition) is 2. The van der Waals surface area contributed by atoms with Gasteiger partial charge in [-0.1, -0.05) is 11.6 Å². The van der Waals surface area contributed by atoms with Crippen molar-refractivity contribution in [1.82, 2.24) is 4.98 Å². The second-order valence-corrected chi connectivity index (χ2v) is 5.98. The summed E-state index contributed by atoms with van der Waals surface area (Å²) < 4.78 is 5.56. The smallest absolute Gasteiger partial charge is 0.0948 e. The molecular weight excluding hydrogens is 286 g/mol. The molecule has 0 bridgehead atoms. The van der Waals surface area contributed by atoms with Crippen LogP contribution in [0.2, 0.25) is 5.02 Å². The molecule has 21 heavy (non-hydrogen) atoms. The Hall–Kier alpha value is -1.36. The van der Waals surface area contributed by atoms with Gasteiger partial charge >= 0.3 is 0 Å². The summed E-state index contributed by atoms with van der Waals surface area (Å²) in [5.74, 6) is 0. The van der Waals surface area contributed by atoms with E-state index in [1.54, 1.807) is 6.20 Å². The largest absolute Gasteiger partial charge is 0.381 e. The first-order chi connectivity index (χ1) is 10.2. The standard InChI is InChI=1S/C16H20ClN3O/c17-13-4-5-14(15-12(13)3-1-8-19-15)20-16(11-18)6-2-9-21-10-7-16/h1,3-5,8,20H,2,6-7,9-11,18H2. The van der Waals surface area contributed by atoms with Crippen molar-refractivity contribution in [3.05, 3.63) is 35.5 Å². The molecule has 3 rings (SSSR count). The number of anilines is 1. The third kappa shape index (κ3) is 2.98. The highest BCUT2D eigenvalue weighted by molar-refractivity contribution is 6.35. The Morgan fingerprint density at radius 3 is 3.05 bits per heavy atom. The number of nitrogens with two attached hydrogens (primary N) is 1. The molecule has 2 aromatic rings. The lowest BCUT2D eigenvalue weighted by Crippen LogP contribution is -2.45. The molecule has 1 fully saturated rings. The topological polar surface area (TPSA) is 60.2 Å². The van der Waals surface area contributed by atoms with E-state index >= 15 is 0 Å². The van der Waals surface area contributed by atoms with E-state index in [0.717, 1.165) is 54.1 Å². The maximum Gasteiger partial charge on any atom is 0.0948 e. The predicted molar refractivity (Wildman–Crippen MR) is 86.8 cm³/mol. The van der Waals surface area contributed by atoms with Gasteiger partial charge in [0.2, 0.25) is 0 Å². The van der Waals surface area contributed by atoms with Crippen molar-refractivity contribution in [1.29, 1.82) is 0 Å². The van der Waals surface area contributed by atoms with Crippen molar-refractivity contribution in [2.24, 2.45) is 5.73 Å². The summed E-state index contributed by atoms with van der Waals surface area (Å²) in [5, 5.41) is 5.30. The molecule has 1 unspecified atom stereocenters. The van der Waals surface area contributed by atoms with Gasteiger partial charge in [-0.05, 0) is 43.5 Å². The Bertz CT molecular complexity index is 624. The Morgan fingerprint density at radius 1 is 1.29 bits per heavy atom. The molecule has 0 aliphatic carbocycles. The van der Waals surface area contributed by atoms with Crippen LogP contribution in [0.15, 0.2) is 30.5 Å².